The number of thiazole rings is 1. The van der Waals surface area contributed by atoms with Crippen LogP contribution in [0.25, 0.3) is 11.1 Å². The molecular weight excluding hydrogens is 408 g/mol. The number of aromatic nitrogens is 3. The Kier molecular flexibility index (Phi) is 7.15. The lowest BCUT2D eigenvalue weighted by molar-refractivity contribution is 0.0901. The monoisotopic (exact) mass is 440 g/mol. The van der Waals surface area contributed by atoms with Crippen LogP contribution >= 0.6 is 11.3 Å². The molecule has 0 aliphatic carbocycles. The number of carbonyl (C=O) groups excluding carboxylic acids is 1. The summed E-state index contributed by atoms with van der Waals surface area (Å²) < 4.78 is 5.80. The second-order valence-electron chi connectivity index (χ2n) is 8.77. The van der Waals surface area contributed by atoms with Crippen LogP contribution in [0.1, 0.15) is 72.9 Å². The Hall–Kier alpha value is -2.67. The molecule has 1 aromatic carbocycles. The van der Waals surface area contributed by atoms with E-state index >= 15 is 0 Å². The van der Waals surface area contributed by atoms with Gasteiger partial charge in [-0.2, -0.15) is 5.10 Å². The van der Waals surface area contributed by atoms with Gasteiger partial charge < -0.3 is 10.1 Å². The molecule has 0 saturated carbocycles. The van der Waals surface area contributed by atoms with Crippen molar-refractivity contribution in [1.29, 1.82) is 0 Å². The molecule has 2 N–H and O–H groups in total. The predicted octanol–water partition coefficient (Wildman–Crippen LogP) is 5.50. The molecule has 0 radical (unpaired) electrons. The molecule has 0 unspecified atom stereocenters. The van der Waals surface area contributed by atoms with Crippen LogP contribution in [0.15, 0.2) is 30.6 Å². The first-order valence-electron chi connectivity index (χ1n) is 10.7. The van der Waals surface area contributed by atoms with E-state index in [1.165, 1.54) is 22.5 Å². The Morgan fingerprint density at radius 2 is 2.03 bits per heavy atom. The zero-order valence-electron chi connectivity index (χ0n) is 19.2. The minimum atomic E-state index is -0.148. The first-order chi connectivity index (χ1) is 14.7. The first-order valence-corrected chi connectivity index (χ1v) is 11.6. The number of fused-ring (bicyclic) bond motifs is 1. The Bertz CT molecular complexity index is 1020. The second kappa shape index (κ2) is 9.64. The zero-order chi connectivity index (χ0) is 22.6. The molecule has 2 aromatic heterocycles. The number of carbonyl (C=O) groups is 1. The summed E-state index contributed by atoms with van der Waals surface area (Å²) in [7, 11) is 0. The van der Waals surface area contributed by atoms with Crippen molar-refractivity contribution in [3.63, 3.8) is 0 Å². The molecule has 6 nitrogen and oxygen atoms in total. The molecule has 0 bridgehead atoms. The number of amides is 1. The van der Waals surface area contributed by atoms with Crippen LogP contribution in [0.3, 0.4) is 0 Å². The topological polar surface area (TPSA) is 79.9 Å². The van der Waals surface area contributed by atoms with Crippen LogP contribution in [0.4, 0.5) is 0 Å². The van der Waals surface area contributed by atoms with Crippen molar-refractivity contribution >= 4 is 17.2 Å². The summed E-state index contributed by atoms with van der Waals surface area (Å²) in [4.78, 5) is 16.7. The fourth-order valence-electron chi connectivity index (χ4n) is 3.53. The van der Waals surface area contributed by atoms with Gasteiger partial charge in [0, 0.05) is 23.7 Å². The van der Waals surface area contributed by atoms with Gasteiger partial charge in [0.25, 0.3) is 5.91 Å². The van der Waals surface area contributed by atoms with Gasteiger partial charge >= 0.3 is 0 Å². The van der Waals surface area contributed by atoms with Crippen LogP contribution < -0.4 is 10.1 Å². The maximum atomic E-state index is 11.6. The second-order valence-corrected chi connectivity index (χ2v) is 9.97. The van der Waals surface area contributed by atoms with E-state index in [9.17, 15) is 4.79 Å². The third kappa shape index (κ3) is 5.73. The van der Waals surface area contributed by atoms with Crippen LogP contribution in [0.2, 0.25) is 0 Å². The Morgan fingerprint density at radius 3 is 2.68 bits per heavy atom. The molecule has 1 aliphatic rings. The number of H-pyrrole nitrogens is 1. The van der Waals surface area contributed by atoms with Crippen LogP contribution in [-0.4, -0.2) is 33.2 Å². The fourth-order valence-corrected chi connectivity index (χ4v) is 4.36. The fraction of sp³-hybridized carbons (Fsp3) is 0.458. The minimum Gasteiger partial charge on any atom is -0.493 e. The highest BCUT2D eigenvalue weighted by molar-refractivity contribution is 7.13. The Balaban J connectivity index is 0.000000185. The van der Waals surface area contributed by atoms with Crippen molar-refractivity contribution in [2.45, 2.75) is 65.8 Å². The summed E-state index contributed by atoms with van der Waals surface area (Å²) in [6.07, 6.45) is 5.61. The van der Waals surface area contributed by atoms with E-state index in [2.05, 4.69) is 59.5 Å². The smallest absolute Gasteiger partial charge is 0.263 e. The van der Waals surface area contributed by atoms with E-state index < -0.39 is 0 Å². The SMILES string of the molecule is CCCOc1ccc(-c2cn[nH]c2)cc1C(C)C.Cc1nc2c(s1)C(=O)NC(C)(C)C2. The quantitative estimate of drug-likeness (QED) is 0.549. The number of hydrogen-bond donors (Lipinski definition) is 2. The van der Waals surface area contributed by atoms with Crippen molar-refractivity contribution in [3.8, 4) is 16.9 Å². The summed E-state index contributed by atoms with van der Waals surface area (Å²) in [5.74, 6) is 1.47. The summed E-state index contributed by atoms with van der Waals surface area (Å²) in [5.41, 5.74) is 4.35. The van der Waals surface area contributed by atoms with E-state index in [4.69, 9.17) is 4.74 Å². The van der Waals surface area contributed by atoms with Gasteiger partial charge in [-0.1, -0.05) is 26.8 Å². The van der Waals surface area contributed by atoms with Crippen LogP contribution in [0.5, 0.6) is 5.75 Å². The molecular formula is C24H32N4O2S. The molecule has 3 heterocycles. The van der Waals surface area contributed by atoms with E-state index in [1.807, 2.05) is 33.2 Å². The zero-order valence-corrected chi connectivity index (χ0v) is 20.0. The average molecular weight is 441 g/mol. The summed E-state index contributed by atoms with van der Waals surface area (Å²) in [5, 5.41) is 10.8. The average Bonchev–Trinajstić information content (AvgIpc) is 3.35. The van der Waals surface area contributed by atoms with Crippen molar-refractivity contribution < 1.29 is 9.53 Å². The normalized spacial score (nSPS) is 14.5. The van der Waals surface area contributed by atoms with Gasteiger partial charge in [0.05, 0.1) is 23.5 Å². The molecule has 0 atom stereocenters. The van der Waals surface area contributed by atoms with E-state index in [1.54, 1.807) is 0 Å². The molecule has 166 valence electrons. The third-order valence-electron chi connectivity index (χ3n) is 5.00. The highest BCUT2D eigenvalue weighted by Crippen LogP contribution is 2.31. The first kappa shape index (κ1) is 23.0. The summed E-state index contributed by atoms with van der Waals surface area (Å²) in [6, 6.07) is 6.34. The van der Waals surface area contributed by atoms with Gasteiger partial charge in [0.1, 0.15) is 10.6 Å². The highest BCUT2D eigenvalue weighted by atomic mass is 32.1. The lowest BCUT2D eigenvalue weighted by Crippen LogP contribution is -2.48. The lowest BCUT2D eigenvalue weighted by Gasteiger charge is -2.29. The number of aryl methyl sites for hydroxylation is 1. The molecule has 1 amide bonds. The molecule has 3 aromatic rings. The van der Waals surface area contributed by atoms with Crippen molar-refractivity contribution in [3.05, 3.63) is 51.7 Å². The Morgan fingerprint density at radius 1 is 1.26 bits per heavy atom. The number of nitrogens with one attached hydrogen (secondary N) is 2. The van der Waals surface area contributed by atoms with Crippen molar-refractivity contribution in [2.75, 3.05) is 6.61 Å². The van der Waals surface area contributed by atoms with Gasteiger partial charge in [-0.05, 0) is 56.4 Å². The van der Waals surface area contributed by atoms with Gasteiger partial charge in [0.15, 0.2) is 0 Å². The predicted molar refractivity (Wildman–Crippen MR) is 126 cm³/mol. The maximum absolute atomic E-state index is 11.6. The van der Waals surface area contributed by atoms with Crippen LogP contribution in [0, 0.1) is 6.92 Å². The molecule has 0 fully saturated rings. The van der Waals surface area contributed by atoms with Gasteiger partial charge in [0.2, 0.25) is 0 Å². The highest BCUT2D eigenvalue weighted by Gasteiger charge is 2.32. The Labute approximate surface area is 188 Å². The summed E-state index contributed by atoms with van der Waals surface area (Å²) in [6.45, 7) is 13.2. The molecule has 0 saturated heterocycles. The van der Waals surface area contributed by atoms with E-state index in [0.29, 0.717) is 5.92 Å². The minimum absolute atomic E-state index is 0.0249. The van der Waals surface area contributed by atoms with Crippen molar-refractivity contribution in [1.82, 2.24) is 20.5 Å². The molecule has 1 aliphatic heterocycles. The van der Waals surface area contributed by atoms with Gasteiger partial charge in [-0.15, -0.1) is 11.3 Å². The molecule has 7 heteroatoms. The van der Waals surface area contributed by atoms with Gasteiger partial charge in [-0.25, -0.2) is 4.98 Å². The standard InChI is InChI=1S/C15H20N2O.C9H12N2OS/c1-4-7-18-15-6-5-12(8-14(15)11(2)3)13-9-16-17-10-13;1-5-10-6-4-9(2,3)11-8(12)7(6)13-5/h5-6,8-11H,4,7H2,1-3H3,(H,16,17);4H2,1-3H3,(H,11,12). The van der Waals surface area contributed by atoms with Crippen LogP contribution in [-0.2, 0) is 6.42 Å². The van der Waals surface area contributed by atoms with Gasteiger partial charge in [-0.3, -0.25) is 9.89 Å². The van der Waals surface area contributed by atoms with Crippen molar-refractivity contribution in [2.24, 2.45) is 0 Å². The van der Waals surface area contributed by atoms with E-state index in [-0.39, 0.29) is 11.4 Å². The number of aromatic amines is 1. The lowest BCUT2D eigenvalue weighted by atomic mass is 9.94. The number of hydrogen-bond acceptors (Lipinski definition) is 5. The number of rotatable bonds is 5. The molecule has 31 heavy (non-hydrogen) atoms. The largest absolute Gasteiger partial charge is 0.493 e. The third-order valence-corrected chi connectivity index (χ3v) is 6.01. The number of nitrogens with zero attached hydrogens (tertiary/aromatic N) is 2. The number of ether oxygens (including phenoxy) is 1. The van der Waals surface area contributed by atoms with E-state index in [0.717, 1.165) is 46.3 Å². The molecule has 4 rings (SSSR count). The summed E-state index contributed by atoms with van der Waals surface area (Å²) >= 11 is 1.48. The maximum Gasteiger partial charge on any atom is 0.263 e. The number of benzene rings is 1. The molecule has 0 spiro atoms.